The van der Waals surface area contributed by atoms with E-state index in [0.29, 0.717) is 5.92 Å². The molecule has 1 N–H and O–H groups in total. The first-order valence-corrected chi connectivity index (χ1v) is 8.27. The van der Waals surface area contributed by atoms with Gasteiger partial charge in [-0.25, -0.2) is 0 Å². The Hall–Kier alpha value is -1.06. The number of rotatable bonds is 5. The van der Waals surface area contributed by atoms with Crippen LogP contribution in [0.2, 0.25) is 0 Å². The van der Waals surface area contributed by atoms with Crippen molar-refractivity contribution in [2.45, 2.75) is 57.2 Å². The Morgan fingerprint density at radius 1 is 1.43 bits per heavy atom. The van der Waals surface area contributed by atoms with Gasteiger partial charge in [-0.1, -0.05) is 19.1 Å². The Labute approximate surface area is 127 Å². The maximum Gasteiger partial charge on any atom is 0.119 e. The fourth-order valence-electron chi connectivity index (χ4n) is 3.54. The van der Waals surface area contributed by atoms with E-state index < -0.39 is 6.10 Å². The quantitative estimate of drug-likeness (QED) is 0.895. The Morgan fingerprint density at radius 2 is 2.29 bits per heavy atom. The molecule has 3 heteroatoms. The second kappa shape index (κ2) is 6.37. The smallest absolute Gasteiger partial charge is 0.119 e. The van der Waals surface area contributed by atoms with Gasteiger partial charge in [-0.15, -0.1) is 0 Å². The summed E-state index contributed by atoms with van der Waals surface area (Å²) in [6.45, 7) is 3.60. The van der Waals surface area contributed by atoms with Crippen LogP contribution in [0.4, 0.5) is 0 Å². The highest BCUT2D eigenvalue weighted by molar-refractivity contribution is 5.30. The van der Waals surface area contributed by atoms with E-state index in [-0.39, 0.29) is 5.60 Å². The SMILES string of the molecule is CCCOc1cccc(C(O)C2CCOC3(CCC3)C2)c1. The molecular formula is C18H26O3. The third kappa shape index (κ3) is 3.24. The summed E-state index contributed by atoms with van der Waals surface area (Å²) in [7, 11) is 0. The number of hydrogen-bond acceptors (Lipinski definition) is 3. The minimum Gasteiger partial charge on any atom is -0.494 e. The van der Waals surface area contributed by atoms with Gasteiger partial charge in [0.05, 0.1) is 18.3 Å². The average Bonchev–Trinajstić information content (AvgIpc) is 2.51. The molecule has 2 aliphatic rings. The Kier molecular flexibility index (Phi) is 4.51. The summed E-state index contributed by atoms with van der Waals surface area (Å²) >= 11 is 0. The molecule has 1 aromatic carbocycles. The molecule has 1 aromatic rings. The zero-order valence-electron chi connectivity index (χ0n) is 12.9. The number of aliphatic hydroxyl groups is 1. The fourth-order valence-corrected chi connectivity index (χ4v) is 3.54. The van der Waals surface area contributed by atoms with Gasteiger partial charge >= 0.3 is 0 Å². The predicted molar refractivity (Wildman–Crippen MR) is 82.4 cm³/mol. The maximum absolute atomic E-state index is 10.7. The summed E-state index contributed by atoms with van der Waals surface area (Å²) < 4.78 is 11.6. The number of ether oxygens (including phenoxy) is 2. The summed E-state index contributed by atoms with van der Waals surface area (Å²) in [6, 6.07) is 7.93. The lowest BCUT2D eigenvalue weighted by atomic mass is 9.70. The second-order valence-electron chi connectivity index (χ2n) is 6.50. The fraction of sp³-hybridized carbons (Fsp3) is 0.667. The van der Waals surface area contributed by atoms with E-state index in [1.165, 1.54) is 6.42 Å². The van der Waals surface area contributed by atoms with Gasteiger partial charge in [0.15, 0.2) is 0 Å². The molecule has 0 aromatic heterocycles. The molecule has 21 heavy (non-hydrogen) atoms. The molecule has 2 atom stereocenters. The van der Waals surface area contributed by atoms with Crippen molar-refractivity contribution in [2.24, 2.45) is 5.92 Å². The molecule has 1 heterocycles. The number of aliphatic hydroxyl groups excluding tert-OH is 1. The molecule has 1 spiro atoms. The van der Waals surface area contributed by atoms with E-state index in [2.05, 4.69) is 6.92 Å². The zero-order chi connectivity index (χ0) is 14.7. The molecular weight excluding hydrogens is 264 g/mol. The monoisotopic (exact) mass is 290 g/mol. The highest BCUT2D eigenvalue weighted by Gasteiger charge is 2.44. The van der Waals surface area contributed by atoms with Crippen molar-refractivity contribution in [1.29, 1.82) is 0 Å². The van der Waals surface area contributed by atoms with E-state index in [1.54, 1.807) is 0 Å². The van der Waals surface area contributed by atoms with E-state index in [1.807, 2.05) is 24.3 Å². The number of hydrogen-bond donors (Lipinski definition) is 1. The van der Waals surface area contributed by atoms with Crippen molar-refractivity contribution in [3.8, 4) is 5.75 Å². The lowest BCUT2D eigenvalue weighted by molar-refractivity contribution is -0.157. The van der Waals surface area contributed by atoms with Crippen LogP contribution in [0.15, 0.2) is 24.3 Å². The number of benzene rings is 1. The summed E-state index contributed by atoms with van der Waals surface area (Å²) in [6.07, 6.45) is 6.12. The van der Waals surface area contributed by atoms with Crippen LogP contribution in [0, 0.1) is 5.92 Å². The lowest BCUT2D eigenvalue weighted by Crippen LogP contribution is -2.46. The van der Waals surface area contributed by atoms with Crippen molar-refractivity contribution in [3.63, 3.8) is 0 Å². The summed E-state index contributed by atoms with van der Waals surface area (Å²) in [5.74, 6) is 1.17. The molecule has 1 aliphatic heterocycles. The average molecular weight is 290 g/mol. The molecule has 0 bridgehead atoms. The van der Waals surface area contributed by atoms with Gasteiger partial charge in [0.25, 0.3) is 0 Å². The van der Waals surface area contributed by atoms with Gasteiger partial charge in [-0.3, -0.25) is 0 Å². The van der Waals surface area contributed by atoms with E-state index in [4.69, 9.17) is 9.47 Å². The first kappa shape index (κ1) is 14.9. The largest absolute Gasteiger partial charge is 0.494 e. The maximum atomic E-state index is 10.7. The van der Waals surface area contributed by atoms with Crippen LogP contribution in [0.3, 0.4) is 0 Å². The van der Waals surface area contributed by atoms with Gasteiger partial charge in [0.2, 0.25) is 0 Å². The molecule has 1 saturated carbocycles. The molecule has 1 saturated heterocycles. The first-order chi connectivity index (χ1) is 10.2. The van der Waals surface area contributed by atoms with Crippen molar-refractivity contribution in [1.82, 2.24) is 0 Å². The topological polar surface area (TPSA) is 38.7 Å². The highest BCUT2D eigenvalue weighted by atomic mass is 16.5. The standard InChI is InChI=1S/C18H26O3/c1-2-10-20-16-6-3-5-14(12-16)17(19)15-7-11-21-18(13-15)8-4-9-18/h3,5-6,12,15,17,19H,2,4,7-11,13H2,1H3. The van der Waals surface area contributed by atoms with Crippen LogP contribution in [-0.4, -0.2) is 23.9 Å². The molecule has 1 aliphatic carbocycles. The molecule has 3 rings (SSSR count). The summed E-state index contributed by atoms with van der Waals surface area (Å²) in [4.78, 5) is 0. The first-order valence-electron chi connectivity index (χ1n) is 8.27. The van der Waals surface area contributed by atoms with Gasteiger partial charge in [-0.2, -0.15) is 0 Å². The molecule has 0 amide bonds. The van der Waals surface area contributed by atoms with Crippen molar-refractivity contribution >= 4 is 0 Å². The van der Waals surface area contributed by atoms with E-state index >= 15 is 0 Å². The normalized spacial score (nSPS) is 25.3. The Bertz CT molecular complexity index is 467. The molecule has 0 radical (unpaired) electrons. The highest BCUT2D eigenvalue weighted by Crippen LogP contribution is 2.47. The minimum absolute atomic E-state index is 0.0835. The van der Waals surface area contributed by atoms with Gasteiger partial charge < -0.3 is 14.6 Å². The Morgan fingerprint density at radius 3 is 3.00 bits per heavy atom. The minimum atomic E-state index is -0.406. The predicted octanol–water partition coefficient (Wildman–Crippen LogP) is 3.86. The van der Waals surface area contributed by atoms with Crippen molar-refractivity contribution in [2.75, 3.05) is 13.2 Å². The van der Waals surface area contributed by atoms with Crippen LogP contribution in [0.1, 0.15) is 57.1 Å². The van der Waals surface area contributed by atoms with Crippen LogP contribution in [-0.2, 0) is 4.74 Å². The van der Waals surface area contributed by atoms with Gasteiger partial charge in [-0.05, 0) is 62.1 Å². The van der Waals surface area contributed by atoms with Gasteiger partial charge in [0.1, 0.15) is 5.75 Å². The van der Waals surface area contributed by atoms with Crippen LogP contribution in [0.5, 0.6) is 5.75 Å². The zero-order valence-corrected chi connectivity index (χ0v) is 12.9. The van der Waals surface area contributed by atoms with Crippen LogP contribution in [0.25, 0.3) is 0 Å². The van der Waals surface area contributed by atoms with Crippen LogP contribution >= 0.6 is 0 Å². The second-order valence-corrected chi connectivity index (χ2v) is 6.50. The van der Waals surface area contributed by atoms with Crippen molar-refractivity contribution in [3.05, 3.63) is 29.8 Å². The van der Waals surface area contributed by atoms with Crippen molar-refractivity contribution < 1.29 is 14.6 Å². The third-order valence-electron chi connectivity index (χ3n) is 4.91. The van der Waals surface area contributed by atoms with E-state index in [9.17, 15) is 5.11 Å². The lowest BCUT2D eigenvalue weighted by Gasteiger charge is -2.48. The summed E-state index contributed by atoms with van der Waals surface area (Å²) in [5, 5.41) is 10.7. The molecule has 2 unspecified atom stereocenters. The summed E-state index contributed by atoms with van der Waals surface area (Å²) in [5.41, 5.74) is 1.06. The Balaban J connectivity index is 1.67. The molecule has 3 nitrogen and oxygen atoms in total. The van der Waals surface area contributed by atoms with Crippen LogP contribution < -0.4 is 4.74 Å². The molecule has 2 fully saturated rings. The van der Waals surface area contributed by atoms with Gasteiger partial charge in [0, 0.05) is 6.61 Å². The van der Waals surface area contributed by atoms with E-state index in [0.717, 1.165) is 56.6 Å². The molecule has 116 valence electrons. The third-order valence-corrected chi connectivity index (χ3v) is 4.91.